The molecule has 0 unspecified atom stereocenters. The molecule has 4 aromatic heterocycles. The van der Waals surface area contributed by atoms with Crippen LogP contribution >= 0.6 is 11.3 Å². The number of rotatable bonds is 2. The quantitative estimate of drug-likeness (QED) is 0.238. The minimum absolute atomic E-state index is 0.239. The molecule has 0 radical (unpaired) electrons. The molecule has 4 heterocycles. The Morgan fingerprint density at radius 3 is 1.92 bits per heavy atom. The molecule has 0 amide bonds. The average molecular weight is 499 g/mol. The van der Waals surface area contributed by atoms with Crippen LogP contribution in [-0.4, -0.2) is 9.97 Å². The van der Waals surface area contributed by atoms with Crippen molar-refractivity contribution >= 4 is 43.8 Å². The summed E-state index contributed by atoms with van der Waals surface area (Å²) in [5.41, 5.74) is 7.82. The summed E-state index contributed by atoms with van der Waals surface area (Å²) in [4.78, 5) is 9.71. The normalized spacial score (nSPS) is 13.0. The summed E-state index contributed by atoms with van der Waals surface area (Å²) in [6.45, 7) is 17.2. The molecule has 0 spiro atoms. The molecule has 5 nitrogen and oxygen atoms in total. The van der Waals surface area contributed by atoms with Gasteiger partial charge in [0, 0.05) is 5.56 Å². The molecule has 0 aliphatic rings. The van der Waals surface area contributed by atoms with Crippen LogP contribution in [0.3, 0.4) is 0 Å². The number of nitrogens with zero attached hydrogens (tertiary/aromatic N) is 2. The lowest BCUT2D eigenvalue weighted by Gasteiger charge is -2.18. The first-order valence-electron chi connectivity index (χ1n) is 12.3. The highest BCUT2D eigenvalue weighted by molar-refractivity contribution is 7.21. The lowest BCUT2D eigenvalue weighted by Crippen LogP contribution is -2.11. The Labute approximate surface area is 214 Å². The van der Waals surface area contributed by atoms with Crippen LogP contribution in [0.15, 0.2) is 49.6 Å². The number of aromatic nitrogens is 2. The van der Waals surface area contributed by atoms with Crippen LogP contribution < -0.4 is 0 Å². The SMILES string of the molecule is Cc1ccc2nc(-c3oc4c(C(C)(C)C)c(-c5nc6ccc(C)cc6s5)oc4c3C(C)(C)C)oc2c1. The maximum absolute atomic E-state index is 6.71. The number of hydrogen-bond donors (Lipinski definition) is 0. The van der Waals surface area contributed by atoms with Crippen molar-refractivity contribution < 1.29 is 13.3 Å². The van der Waals surface area contributed by atoms with E-state index in [2.05, 4.69) is 66.7 Å². The van der Waals surface area contributed by atoms with E-state index in [-0.39, 0.29) is 10.8 Å². The molecule has 0 aliphatic heterocycles. The first kappa shape index (κ1) is 23.0. The second kappa shape index (κ2) is 7.56. The van der Waals surface area contributed by atoms with E-state index in [9.17, 15) is 0 Å². The average Bonchev–Trinajstić information content (AvgIpc) is 3.50. The van der Waals surface area contributed by atoms with E-state index in [4.69, 9.17) is 23.2 Å². The van der Waals surface area contributed by atoms with E-state index in [1.165, 1.54) is 5.56 Å². The molecule has 0 bridgehead atoms. The zero-order chi connectivity index (χ0) is 25.6. The minimum atomic E-state index is -0.272. The Morgan fingerprint density at radius 1 is 0.667 bits per heavy atom. The number of hydrogen-bond acceptors (Lipinski definition) is 6. The van der Waals surface area contributed by atoms with Crippen LogP contribution in [0.4, 0.5) is 0 Å². The Hall–Kier alpha value is -3.38. The number of aryl methyl sites for hydroxylation is 2. The highest BCUT2D eigenvalue weighted by Crippen LogP contribution is 2.50. The Bertz CT molecular complexity index is 1650. The zero-order valence-corrected chi connectivity index (χ0v) is 22.8. The van der Waals surface area contributed by atoms with E-state index in [0.717, 1.165) is 59.9 Å². The first-order valence-corrected chi connectivity index (χ1v) is 13.1. The van der Waals surface area contributed by atoms with Crippen molar-refractivity contribution in [1.29, 1.82) is 0 Å². The van der Waals surface area contributed by atoms with E-state index in [1.807, 2.05) is 25.1 Å². The van der Waals surface area contributed by atoms with Crippen LogP contribution in [-0.2, 0) is 10.8 Å². The monoisotopic (exact) mass is 498 g/mol. The smallest absolute Gasteiger partial charge is 0.264 e. The Kier molecular flexibility index (Phi) is 4.84. The van der Waals surface area contributed by atoms with Crippen LogP contribution in [0.25, 0.3) is 54.9 Å². The molecular formula is C30H30N2O3S. The summed E-state index contributed by atoms with van der Waals surface area (Å²) < 4.78 is 20.7. The third-order valence-electron chi connectivity index (χ3n) is 6.50. The fourth-order valence-corrected chi connectivity index (χ4v) is 5.91. The van der Waals surface area contributed by atoms with Gasteiger partial charge in [0.2, 0.25) is 0 Å². The van der Waals surface area contributed by atoms with Crippen molar-refractivity contribution in [1.82, 2.24) is 9.97 Å². The number of benzene rings is 2. The lowest BCUT2D eigenvalue weighted by atomic mass is 9.84. The minimum Gasteiger partial charge on any atom is -0.449 e. The third kappa shape index (κ3) is 3.58. The summed E-state index contributed by atoms with van der Waals surface area (Å²) in [5, 5.41) is 0.866. The van der Waals surface area contributed by atoms with Crippen LogP contribution in [0.5, 0.6) is 0 Å². The zero-order valence-electron chi connectivity index (χ0n) is 22.0. The van der Waals surface area contributed by atoms with Gasteiger partial charge in [-0.2, -0.15) is 0 Å². The largest absolute Gasteiger partial charge is 0.449 e. The molecule has 184 valence electrons. The maximum atomic E-state index is 6.71. The fourth-order valence-electron chi connectivity index (χ4n) is 4.86. The Morgan fingerprint density at radius 2 is 1.25 bits per heavy atom. The fraction of sp³-hybridized carbons (Fsp3) is 0.333. The number of oxazole rings is 1. The number of thiazole rings is 1. The van der Waals surface area contributed by atoms with E-state index in [1.54, 1.807) is 11.3 Å². The molecule has 6 rings (SSSR count). The molecule has 0 N–H and O–H groups in total. The number of furan rings is 2. The molecular weight excluding hydrogens is 468 g/mol. The summed E-state index contributed by atoms with van der Waals surface area (Å²) in [6, 6.07) is 12.4. The highest BCUT2D eigenvalue weighted by Gasteiger charge is 2.37. The topological polar surface area (TPSA) is 65.2 Å². The van der Waals surface area contributed by atoms with Gasteiger partial charge in [-0.15, -0.1) is 11.3 Å². The second-order valence-corrected chi connectivity index (χ2v) is 12.8. The second-order valence-electron chi connectivity index (χ2n) is 11.8. The van der Waals surface area contributed by atoms with Crippen LogP contribution in [0.2, 0.25) is 0 Å². The first-order chi connectivity index (χ1) is 16.9. The van der Waals surface area contributed by atoms with Gasteiger partial charge in [-0.05, 0) is 60.1 Å². The van der Waals surface area contributed by atoms with Crippen molar-refractivity contribution in [3.8, 4) is 22.4 Å². The summed E-state index contributed by atoms with van der Waals surface area (Å²) in [6.07, 6.45) is 0. The predicted octanol–water partition coefficient (Wildman–Crippen LogP) is 9.32. The molecule has 6 heteroatoms. The molecule has 2 aromatic carbocycles. The summed E-state index contributed by atoms with van der Waals surface area (Å²) in [5.74, 6) is 1.88. The summed E-state index contributed by atoms with van der Waals surface area (Å²) >= 11 is 1.65. The van der Waals surface area contributed by atoms with Crippen molar-refractivity contribution in [2.75, 3.05) is 0 Å². The molecule has 36 heavy (non-hydrogen) atoms. The van der Waals surface area contributed by atoms with E-state index >= 15 is 0 Å². The van der Waals surface area contributed by atoms with E-state index in [0.29, 0.717) is 11.7 Å². The van der Waals surface area contributed by atoms with Gasteiger partial charge >= 0.3 is 0 Å². The highest BCUT2D eigenvalue weighted by atomic mass is 32.1. The van der Waals surface area contributed by atoms with Crippen LogP contribution in [0, 0.1) is 13.8 Å². The van der Waals surface area contributed by atoms with Gasteiger partial charge in [0.15, 0.2) is 33.3 Å². The number of fused-ring (bicyclic) bond motifs is 3. The van der Waals surface area contributed by atoms with Gasteiger partial charge in [0.25, 0.3) is 5.89 Å². The summed E-state index contributed by atoms with van der Waals surface area (Å²) in [7, 11) is 0. The van der Waals surface area contributed by atoms with E-state index < -0.39 is 0 Å². The standard InChI is InChI=1S/C30H30N2O3S/c1-15-9-11-17-19(13-15)33-27(31-17)25-21(29(3,4)5)23-24(34-25)22(30(6,7)8)26(35-23)28-32-18-12-10-16(2)14-20(18)36-28/h9-14H,1-8H3. The Balaban J connectivity index is 1.65. The maximum Gasteiger partial charge on any atom is 0.264 e. The molecule has 0 aliphatic carbocycles. The van der Waals surface area contributed by atoms with Crippen molar-refractivity contribution in [3.63, 3.8) is 0 Å². The molecule has 6 aromatic rings. The van der Waals surface area contributed by atoms with Crippen molar-refractivity contribution in [2.45, 2.75) is 66.2 Å². The van der Waals surface area contributed by atoms with Gasteiger partial charge in [0.05, 0.1) is 15.8 Å². The molecule has 0 saturated carbocycles. The van der Waals surface area contributed by atoms with Gasteiger partial charge in [-0.3, -0.25) is 0 Å². The lowest BCUT2D eigenvalue weighted by molar-refractivity contribution is 0.513. The molecule has 0 atom stereocenters. The van der Waals surface area contributed by atoms with Crippen molar-refractivity contribution in [2.24, 2.45) is 0 Å². The van der Waals surface area contributed by atoms with Gasteiger partial charge in [-0.1, -0.05) is 53.7 Å². The van der Waals surface area contributed by atoms with Gasteiger partial charge in [0.1, 0.15) is 5.52 Å². The van der Waals surface area contributed by atoms with Crippen molar-refractivity contribution in [3.05, 3.63) is 58.7 Å². The van der Waals surface area contributed by atoms with Crippen LogP contribution in [0.1, 0.15) is 63.8 Å². The molecule has 0 fully saturated rings. The van der Waals surface area contributed by atoms with Gasteiger partial charge in [-0.25, -0.2) is 9.97 Å². The van der Waals surface area contributed by atoms with Gasteiger partial charge < -0.3 is 13.3 Å². The molecule has 0 saturated heterocycles. The predicted molar refractivity (Wildman–Crippen MR) is 147 cm³/mol. The third-order valence-corrected chi connectivity index (χ3v) is 7.52.